The molecular weight excluding hydrogens is 398 g/mol. The average Bonchev–Trinajstić information content (AvgIpc) is 3.21. The second-order valence-corrected chi connectivity index (χ2v) is 8.26. The Morgan fingerprint density at radius 1 is 1.29 bits per heavy atom. The highest BCUT2D eigenvalue weighted by Crippen LogP contribution is 2.34. The molecule has 4 heterocycles. The third-order valence-corrected chi connectivity index (χ3v) is 5.70. The number of furan rings is 1. The highest BCUT2D eigenvalue weighted by Gasteiger charge is 2.40. The topological polar surface area (TPSA) is 97.3 Å². The molecule has 0 atom stereocenters. The lowest BCUT2D eigenvalue weighted by Crippen LogP contribution is -2.61. The largest absolute Gasteiger partial charge is 0.460 e. The number of carbonyl (C=O) groups is 2. The van der Waals surface area contributed by atoms with Gasteiger partial charge in [-0.3, -0.25) is 9.59 Å². The van der Waals surface area contributed by atoms with Gasteiger partial charge in [0.15, 0.2) is 12.0 Å². The molecule has 1 N–H and O–H groups in total. The van der Waals surface area contributed by atoms with Crippen molar-refractivity contribution in [1.29, 1.82) is 0 Å². The summed E-state index contributed by atoms with van der Waals surface area (Å²) >= 11 is 0. The number of aromatic nitrogens is 2. The van der Waals surface area contributed by atoms with Crippen LogP contribution in [0.25, 0.3) is 16.5 Å². The number of hydrogen-bond acceptors (Lipinski definition) is 6. The Balaban J connectivity index is 1.51. The van der Waals surface area contributed by atoms with Crippen LogP contribution in [0.1, 0.15) is 39.0 Å². The molecule has 31 heavy (non-hydrogen) atoms. The smallest absolute Gasteiger partial charge is 0.255 e. The standard InChI is InChI=1S/C23H21N3O5/c1-13-17(22(28)25-11-23(3,29)12-25)9-26-21(13)19(6-7-24-26)31-15-4-5-16-18(10-27)14(2)30-20(16)8-15/h4-10,29H,11-12H2,1-3H3. The number of likely N-dealkylation sites (tertiary alicyclic amines) is 1. The Kier molecular flexibility index (Phi) is 4.16. The van der Waals surface area contributed by atoms with Crippen molar-refractivity contribution in [3.8, 4) is 11.5 Å². The summed E-state index contributed by atoms with van der Waals surface area (Å²) in [4.78, 5) is 25.8. The zero-order valence-corrected chi connectivity index (χ0v) is 17.4. The summed E-state index contributed by atoms with van der Waals surface area (Å²) in [5, 5.41) is 15.0. The number of ether oxygens (including phenoxy) is 1. The lowest BCUT2D eigenvalue weighted by atomic mass is 9.96. The number of fused-ring (bicyclic) bond motifs is 2. The van der Waals surface area contributed by atoms with E-state index in [2.05, 4.69) is 5.10 Å². The molecule has 0 spiro atoms. The Morgan fingerprint density at radius 3 is 2.77 bits per heavy atom. The molecule has 0 bridgehead atoms. The van der Waals surface area contributed by atoms with Crippen LogP contribution in [-0.4, -0.2) is 50.5 Å². The number of nitrogens with zero attached hydrogens (tertiary/aromatic N) is 3. The third kappa shape index (κ3) is 3.07. The fraction of sp³-hybridized carbons (Fsp3) is 0.261. The first-order valence-electron chi connectivity index (χ1n) is 9.92. The predicted octanol–water partition coefficient (Wildman–Crippen LogP) is 3.51. The van der Waals surface area contributed by atoms with E-state index in [0.717, 1.165) is 17.2 Å². The number of amides is 1. The molecule has 8 nitrogen and oxygen atoms in total. The van der Waals surface area contributed by atoms with Gasteiger partial charge < -0.3 is 19.2 Å². The molecule has 0 unspecified atom stereocenters. The van der Waals surface area contributed by atoms with Gasteiger partial charge >= 0.3 is 0 Å². The lowest BCUT2D eigenvalue weighted by molar-refractivity contribution is -0.0669. The summed E-state index contributed by atoms with van der Waals surface area (Å²) in [6, 6.07) is 7.03. The third-order valence-electron chi connectivity index (χ3n) is 5.70. The Labute approximate surface area is 177 Å². The molecule has 1 amide bonds. The summed E-state index contributed by atoms with van der Waals surface area (Å²) in [5.74, 6) is 1.50. The van der Waals surface area contributed by atoms with E-state index in [4.69, 9.17) is 9.15 Å². The molecule has 158 valence electrons. The summed E-state index contributed by atoms with van der Waals surface area (Å²) in [6.07, 6.45) is 4.07. The van der Waals surface area contributed by atoms with E-state index in [0.29, 0.717) is 52.6 Å². The van der Waals surface area contributed by atoms with E-state index in [-0.39, 0.29) is 5.91 Å². The first kappa shape index (κ1) is 19.3. The van der Waals surface area contributed by atoms with Crippen LogP contribution in [0.15, 0.2) is 41.1 Å². The number of β-amino-alcohol motifs (C(OH)–C–C–N with tert-alkyl or cyclic N) is 1. The Hall–Kier alpha value is -3.65. The molecule has 1 aliphatic heterocycles. The first-order valence-corrected chi connectivity index (χ1v) is 9.92. The van der Waals surface area contributed by atoms with Crippen LogP contribution in [0.2, 0.25) is 0 Å². The molecular formula is C23H21N3O5. The molecule has 1 aliphatic rings. The van der Waals surface area contributed by atoms with Crippen LogP contribution in [-0.2, 0) is 0 Å². The van der Waals surface area contributed by atoms with Crippen molar-refractivity contribution in [2.45, 2.75) is 26.4 Å². The molecule has 5 rings (SSSR count). The molecule has 4 aromatic rings. The second kappa shape index (κ2) is 6.68. The van der Waals surface area contributed by atoms with Gasteiger partial charge in [0.25, 0.3) is 5.91 Å². The average molecular weight is 419 g/mol. The van der Waals surface area contributed by atoms with Gasteiger partial charge in [0.05, 0.1) is 36.0 Å². The molecule has 0 radical (unpaired) electrons. The van der Waals surface area contributed by atoms with E-state index < -0.39 is 5.60 Å². The van der Waals surface area contributed by atoms with Gasteiger partial charge in [-0.2, -0.15) is 5.10 Å². The predicted molar refractivity (Wildman–Crippen MR) is 113 cm³/mol. The van der Waals surface area contributed by atoms with Crippen molar-refractivity contribution in [3.05, 3.63) is 59.1 Å². The van der Waals surface area contributed by atoms with Gasteiger partial charge in [0, 0.05) is 23.7 Å². The van der Waals surface area contributed by atoms with Gasteiger partial charge in [-0.15, -0.1) is 0 Å². The Morgan fingerprint density at radius 2 is 2.06 bits per heavy atom. The number of hydrogen-bond donors (Lipinski definition) is 1. The normalized spacial score (nSPS) is 15.3. The fourth-order valence-corrected chi connectivity index (χ4v) is 4.17. The van der Waals surface area contributed by atoms with Gasteiger partial charge in [-0.1, -0.05) is 0 Å². The molecule has 0 aliphatic carbocycles. The van der Waals surface area contributed by atoms with Gasteiger partial charge in [-0.05, 0) is 38.5 Å². The van der Waals surface area contributed by atoms with Crippen LogP contribution < -0.4 is 4.74 Å². The van der Waals surface area contributed by atoms with Crippen molar-refractivity contribution in [2.75, 3.05) is 13.1 Å². The summed E-state index contributed by atoms with van der Waals surface area (Å²) in [7, 11) is 0. The van der Waals surface area contributed by atoms with Gasteiger partial charge in [-0.25, -0.2) is 4.52 Å². The van der Waals surface area contributed by atoms with Crippen molar-refractivity contribution >= 4 is 28.7 Å². The maximum Gasteiger partial charge on any atom is 0.255 e. The zero-order valence-electron chi connectivity index (χ0n) is 17.4. The zero-order chi connectivity index (χ0) is 21.9. The van der Waals surface area contributed by atoms with Crippen LogP contribution in [0.4, 0.5) is 0 Å². The van der Waals surface area contributed by atoms with Crippen molar-refractivity contribution in [2.24, 2.45) is 0 Å². The molecule has 1 aromatic carbocycles. The van der Waals surface area contributed by atoms with E-state index in [9.17, 15) is 14.7 Å². The van der Waals surface area contributed by atoms with Crippen molar-refractivity contribution in [3.63, 3.8) is 0 Å². The maximum atomic E-state index is 12.9. The molecule has 0 saturated carbocycles. The van der Waals surface area contributed by atoms with E-state index in [1.54, 1.807) is 59.9 Å². The van der Waals surface area contributed by atoms with Crippen LogP contribution in [0.3, 0.4) is 0 Å². The van der Waals surface area contributed by atoms with Crippen LogP contribution >= 0.6 is 0 Å². The monoisotopic (exact) mass is 419 g/mol. The van der Waals surface area contributed by atoms with Gasteiger partial charge in [0.1, 0.15) is 22.6 Å². The molecule has 3 aromatic heterocycles. The van der Waals surface area contributed by atoms with Crippen molar-refractivity contribution < 1.29 is 23.8 Å². The SMILES string of the molecule is Cc1oc2cc(Oc3ccnn4cc(C(=O)N5CC(C)(O)C5)c(C)c34)ccc2c1C=O. The number of aryl methyl sites for hydroxylation is 2. The minimum atomic E-state index is -0.832. The molecule has 1 saturated heterocycles. The number of aldehydes is 1. The Bertz CT molecular complexity index is 1360. The number of benzene rings is 1. The van der Waals surface area contributed by atoms with E-state index in [1.807, 2.05) is 6.92 Å². The molecule has 8 heteroatoms. The minimum Gasteiger partial charge on any atom is -0.460 e. The first-order chi connectivity index (χ1) is 14.8. The number of aliphatic hydroxyl groups is 1. The fourth-order valence-electron chi connectivity index (χ4n) is 4.17. The van der Waals surface area contributed by atoms with Crippen LogP contribution in [0.5, 0.6) is 11.5 Å². The highest BCUT2D eigenvalue weighted by molar-refractivity contribution is 5.99. The lowest BCUT2D eigenvalue weighted by Gasteiger charge is -2.44. The van der Waals surface area contributed by atoms with E-state index >= 15 is 0 Å². The van der Waals surface area contributed by atoms with Crippen molar-refractivity contribution in [1.82, 2.24) is 14.5 Å². The summed E-state index contributed by atoms with van der Waals surface area (Å²) < 4.78 is 13.4. The number of rotatable bonds is 4. The number of carbonyl (C=O) groups excluding carboxylic acids is 2. The molecule has 1 fully saturated rings. The van der Waals surface area contributed by atoms with E-state index in [1.165, 1.54) is 0 Å². The quantitative estimate of drug-likeness (QED) is 0.509. The second-order valence-electron chi connectivity index (χ2n) is 8.26. The minimum absolute atomic E-state index is 0.144. The van der Waals surface area contributed by atoms with Gasteiger partial charge in [0.2, 0.25) is 0 Å². The summed E-state index contributed by atoms with van der Waals surface area (Å²) in [6.45, 7) is 5.92. The maximum absolute atomic E-state index is 12.9. The highest BCUT2D eigenvalue weighted by atomic mass is 16.5. The van der Waals surface area contributed by atoms with Crippen LogP contribution in [0, 0.1) is 13.8 Å². The summed E-state index contributed by atoms with van der Waals surface area (Å²) in [5.41, 5.74) is 2.22.